The number of hydrogen-bond donors (Lipinski definition) is 1. The van der Waals surface area contributed by atoms with Crippen molar-refractivity contribution in [2.24, 2.45) is 0 Å². The van der Waals surface area contributed by atoms with E-state index in [1.807, 2.05) is 12.3 Å². The second-order valence-corrected chi connectivity index (χ2v) is 6.71. The monoisotopic (exact) mass is 291 g/mol. The minimum absolute atomic E-state index is 0.00545. The van der Waals surface area contributed by atoms with Gasteiger partial charge in [0.1, 0.15) is 5.01 Å². The lowest BCUT2D eigenvalue weighted by Crippen LogP contribution is -2.17. The zero-order valence-corrected chi connectivity index (χ0v) is 13.5. The molecule has 0 radical (unpaired) electrons. The van der Waals surface area contributed by atoms with Crippen LogP contribution in [0.1, 0.15) is 51.6 Å². The van der Waals surface area contributed by atoms with Crippen molar-refractivity contribution in [2.75, 3.05) is 0 Å². The van der Waals surface area contributed by atoms with Crippen molar-refractivity contribution < 1.29 is 0 Å². The molecule has 0 aromatic carbocycles. The van der Waals surface area contributed by atoms with E-state index < -0.39 is 0 Å². The summed E-state index contributed by atoms with van der Waals surface area (Å²) in [4.78, 5) is 16.8. The Bertz CT molecular complexity index is 664. The molecule has 0 saturated heterocycles. The van der Waals surface area contributed by atoms with Crippen molar-refractivity contribution in [1.29, 1.82) is 0 Å². The van der Waals surface area contributed by atoms with Gasteiger partial charge in [0.15, 0.2) is 0 Å². The number of nitrogens with zero attached hydrogens (tertiary/aromatic N) is 2. The molecule has 2 heterocycles. The molecule has 0 aliphatic heterocycles. The number of aryl methyl sites for hydroxylation is 1. The maximum atomic E-state index is 12.2. The first-order valence-corrected chi connectivity index (χ1v) is 7.83. The number of rotatable bonds is 3. The average Bonchev–Trinajstić information content (AvgIpc) is 2.87. The van der Waals surface area contributed by atoms with Crippen LogP contribution < -0.4 is 5.56 Å². The highest BCUT2D eigenvalue weighted by Crippen LogP contribution is 2.30. The third-order valence-corrected chi connectivity index (χ3v) is 4.20. The van der Waals surface area contributed by atoms with Crippen LogP contribution in [0.15, 0.2) is 10.2 Å². The van der Waals surface area contributed by atoms with E-state index in [-0.39, 0.29) is 11.0 Å². The Hall–Kier alpha value is -1.49. The van der Waals surface area contributed by atoms with Crippen LogP contribution >= 0.6 is 11.3 Å². The highest BCUT2D eigenvalue weighted by atomic mass is 32.1. The minimum atomic E-state index is -0.145. The van der Waals surface area contributed by atoms with Gasteiger partial charge in [0.2, 0.25) is 0 Å². The summed E-state index contributed by atoms with van der Waals surface area (Å²) in [6.07, 6.45) is 1.60. The van der Waals surface area contributed by atoms with Crippen molar-refractivity contribution in [2.45, 2.75) is 52.9 Å². The highest BCUT2D eigenvalue weighted by molar-refractivity contribution is 7.13. The molecule has 0 saturated carbocycles. The molecule has 0 spiro atoms. The molecule has 20 heavy (non-hydrogen) atoms. The summed E-state index contributed by atoms with van der Waals surface area (Å²) in [6, 6.07) is 0. The number of aromatic nitrogens is 3. The summed E-state index contributed by atoms with van der Waals surface area (Å²) >= 11 is 1.53. The van der Waals surface area contributed by atoms with Crippen molar-refractivity contribution >= 4 is 11.3 Å². The highest BCUT2D eigenvalue weighted by Gasteiger charge is 2.21. The predicted octanol–water partition coefficient (Wildman–Crippen LogP) is 3.32. The van der Waals surface area contributed by atoms with E-state index >= 15 is 0 Å². The van der Waals surface area contributed by atoms with E-state index in [4.69, 9.17) is 0 Å². The Labute approximate surface area is 123 Å². The third kappa shape index (κ3) is 2.68. The van der Waals surface area contributed by atoms with Crippen molar-refractivity contribution in [3.05, 3.63) is 32.7 Å². The number of aromatic amines is 1. The van der Waals surface area contributed by atoms with E-state index in [1.165, 1.54) is 11.3 Å². The zero-order valence-electron chi connectivity index (χ0n) is 12.7. The Balaban J connectivity index is 2.63. The number of thiazole rings is 1. The van der Waals surface area contributed by atoms with Gasteiger partial charge in [-0.15, -0.1) is 11.3 Å². The molecule has 2 rings (SSSR count). The average molecular weight is 291 g/mol. The summed E-state index contributed by atoms with van der Waals surface area (Å²) in [5.41, 5.74) is 3.54. The molecule has 0 atom stereocenters. The molecule has 0 fully saturated rings. The molecule has 0 aliphatic rings. The van der Waals surface area contributed by atoms with Crippen LogP contribution in [-0.2, 0) is 18.3 Å². The Kier molecular flexibility index (Phi) is 4.09. The summed E-state index contributed by atoms with van der Waals surface area (Å²) in [5.74, 6) is 0. The molecule has 0 bridgehead atoms. The van der Waals surface area contributed by atoms with E-state index in [0.29, 0.717) is 5.56 Å². The van der Waals surface area contributed by atoms with E-state index in [2.05, 4.69) is 42.9 Å². The molecule has 0 unspecified atom stereocenters. The standard InChI is InChI=1S/C15H21N3OS/c1-6-9-10(7-2)17-18-13(19)12(9)14-16-11(8-20-14)15(3,4)5/h8H,6-7H2,1-5H3,(H,18,19). The Morgan fingerprint density at radius 3 is 2.45 bits per heavy atom. The van der Waals surface area contributed by atoms with Gasteiger partial charge in [-0.05, 0) is 18.4 Å². The first-order valence-electron chi connectivity index (χ1n) is 6.95. The van der Waals surface area contributed by atoms with Crippen LogP contribution in [0.2, 0.25) is 0 Å². The molecule has 4 nitrogen and oxygen atoms in total. The fourth-order valence-electron chi connectivity index (χ4n) is 2.16. The lowest BCUT2D eigenvalue weighted by molar-refractivity contribution is 0.573. The zero-order chi connectivity index (χ0) is 14.9. The summed E-state index contributed by atoms with van der Waals surface area (Å²) in [7, 11) is 0. The Morgan fingerprint density at radius 1 is 1.25 bits per heavy atom. The largest absolute Gasteiger partial charge is 0.274 e. The first-order chi connectivity index (χ1) is 9.38. The topological polar surface area (TPSA) is 58.6 Å². The number of H-pyrrole nitrogens is 1. The van der Waals surface area contributed by atoms with Crippen molar-refractivity contribution in [3.8, 4) is 10.6 Å². The number of nitrogens with one attached hydrogen (secondary N) is 1. The normalized spacial score (nSPS) is 11.8. The van der Waals surface area contributed by atoms with Crippen LogP contribution in [-0.4, -0.2) is 15.2 Å². The first kappa shape index (κ1) is 14.9. The number of hydrogen-bond acceptors (Lipinski definition) is 4. The maximum Gasteiger partial charge on any atom is 0.274 e. The second-order valence-electron chi connectivity index (χ2n) is 5.85. The fourth-order valence-corrected chi connectivity index (χ4v) is 3.27. The van der Waals surface area contributed by atoms with Gasteiger partial charge in [-0.1, -0.05) is 34.6 Å². The van der Waals surface area contributed by atoms with Crippen molar-refractivity contribution in [3.63, 3.8) is 0 Å². The maximum absolute atomic E-state index is 12.2. The van der Waals surface area contributed by atoms with Gasteiger partial charge in [0, 0.05) is 10.8 Å². The fraction of sp³-hybridized carbons (Fsp3) is 0.533. The van der Waals surface area contributed by atoms with Crippen LogP contribution in [0, 0.1) is 0 Å². The van der Waals surface area contributed by atoms with E-state index in [1.54, 1.807) is 0 Å². The molecule has 5 heteroatoms. The molecule has 1 N–H and O–H groups in total. The van der Waals surface area contributed by atoms with Gasteiger partial charge >= 0.3 is 0 Å². The van der Waals surface area contributed by atoms with E-state index in [0.717, 1.165) is 34.8 Å². The SMILES string of the molecule is CCc1n[nH]c(=O)c(-c2nc(C(C)(C)C)cs2)c1CC. The summed E-state index contributed by atoms with van der Waals surface area (Å²) < 4.78 is 0. The molecule has 0 aliphatic carbocycles. The smallest absolute Gasteiger partial charge is 0.267 e. The predicted molar refractivity (Wildman–Crippen MR) is 83.4 cm³/mol. The lowest BCUT2D eigenvalue weighted by Gasteiger charge is -2.14. The van der Waals surface area contributed by atoms with Crippen molar-refractivity contribution in [1.82, 2.24) is 15.2 Å². The third-order valence-electron chi connectivity index (χ3n) is 3.34. The molecule has 108 valence electrons. The van der Waals surface area contributed by atoms with Gasteiger partial charge in [-0.25, -0.2) is 10.1 Å². The molecule has 2 aromatic heterocycles. The van der Waals surface area contributed by atoms with Crippen LogP contribution in [0.3, 0.4) is 0 Å². The van der Waals surface area contributed by atoms with Crippen LogP contribution in [0.5, 0.6) is 0 Å². The van der Waals surface area contributed by atoms with Gasteiger partial charge in [-0.2, -0.15) is 5.10 Å². The summed E-state index contributed by atoms with van der Waals surface area (Å²) in [6.45, 7) is 10.5. The Morgan fingerprint density at radius 2 is 1.95 bits per heavy atom. The second kappa shape index (κ2) is 5.48. The quantitative estimate of drug-likeness (QED) is 0.943. The lowest BCUT2D eigenvalue weighted by atomic mass is 9.93. The summed E-state index contributed by atoms with van der Waals surface area (Å²) in [5, 5.41) is 9.59. The van der Waals surface area contributed by atoms with Crippen LogP contribution in [0.25, 0.3) is 10.6 Å². The van der Waals surface area contributed by atoms with Gasteiger partial charge in [0.05, 0.1) is 17.0 Å². The van der Waals surface area contributed by atoms with Gasteiger partial charge in [0.25, 0.3) is 5.56 Å². The minimum Gasteiger partial charge on any atom is -0.267 e. The molecule has 2 aromatic rings. The molecular weight excluding hydrogens is 270 g/mol. The molecule has 0 amide bonds. The van der Waals surface area contributed by atoms with E-state index in [9.17, 15) is 4.79 Å². The van der Waals surface area contributed by atoms with Crippen LogP contribution in [0.4, 0.5) is 0 Å². The van der Waals surface area contributed by atoms with Gasteiger partial charge < -0.3 is 0 Å². The van der Waals surface area contributed by atoms with Gasteiger partial charge in [-0.3, -0.25) is 4.79 Å². The molecular formula is C15H21N3OS.